The van der Waals surface area contributed by atoms with Crippen LogP contribution in [0.1, 0.15) is 18.1 Å². The van der Waals surface area contributed by atoms with Crippen LogP contribution >= 0.6 is 11.6 Å². The Morgan fingerprint density at radius 2 is 2.00 bits per heavy atom. The third-order valence-corrected chi connectivity index (χ3v) is 4.11. The first kappa shape index (κ1) is 22.5. The molecule has 0 aliphatic rings. The first-order valence-electron chi connectivity index (χ1n) is 8.95. The number of carboxylic acid groups (broad SMARTS) is 1. The van der Waals surface area contributed by atoms with Gasteiger partial charge >= 0.3 is 5.97 Å². The van der Waals surface area contributed by atoms with Gasteiger partial charge in [-0.15, -0.1) is 0 Å². The topological polar surface area (TPSA) is 88.8 Å². The van der Waals surface area contributed by atoms with E-state index in [1.165, 1.54) is 12.1 Å². The molecule has 2 aromatic rings. The maximum Gasteiger partial charge on any atom is 0.333 e. The number of hydrogen-bond donors (Lipinski definition) is 1. The summed E-state index contributed by atoms with van der Waals surface area (Å²) in [4.78, 5) is 11.2. The average Bonchev–Trinajstić information content (AvgIpc) is 2.71. The quantitative estimate of drug-likeness (QED) is 0.589. The summed E-state index contributed by atoms with van der Waals surface area (Å²) >= 11 is 5.81. The molecule has 2 atom stereocenters. The minimum atomic E-state index is -1.43. The Hall–Kier alpha value is -2.82. The van der Waals surface area contributed by atoms with Crippen molar-refractivity contribution in [2.75, 3.05) is 19.8 Å². The molecule has 8 heteroatoms. The van der Waals surface area contributed by atoms with Crippen molar-refractivity contribution in [3.8, 4) is 17.6 Å². The van der Waals surface area contributed by atoms with Crippen molar-refractivity contribution in [3.05, 3.63) is 58.6 Å². The molecule has 29 heavy (non-hydrogen) atoms. The lowest BCUT2D eigenvalue weighted by Crippen LogP contribution is -2.26. The molecular weight excluding hydrogens is 401 g/mol. The van der Waals surface area contributed by atoms with E-state index in [4.69, 9.17) is 36.2 Å². The maximum absolute atomic E-state index is 14.1. The predicted molar refractivity (Wildman–Crippen MR) is 105 cm³/mol. The number of carboxylic acids is 1. The second-order valence-corrected chi connectivity index (χ2v) is 6.54. The van der Waals surface area contributed by atoms with Crippen LogP contribution in [0.4, 0.5) is 4.39 Å². The van der Waals surface area contributed by atoms with E-state index in [1.807, 2.05) is 6.07 Å². The highest BCUT2D eigenvalue weighted by Crippen LogP contribution is 2.22. The van der Waals surface area contributed by atoms with Crippen LogP contribution in [0.3, 0.4) is 0 Å². The fourth-order valence-corrected chi connectivity index (χ4v) is 2.70. The molecule has 0 heterocycles. The van der Waals surface area contributed by atoms with Crippen LogP contribution in [0, 0.1) is 11.3 Å². The first-order valence-corrected chi connectivity index (χ1v) is 9.33. The van der Waals surface area contributed by atoms with E-state index in [1.54, 1.807) is 37.3 Å². The summed E-state index contributed by atoms with van der Waals surface area (Å²) < 4.78 is 30.1. The lowest BCUT2D eigenvalue weighted by Gasteiger charge is -2.15. The van der Waals surface area contributed by atoms with Crippen LogP contribution in [0.15, 0.2) is 42.5 Å². The maximum atomic E-state index is 14.1. The first-order chi connectivity index (χ1) is 13.9. The largest absolute Gasteiger partial charge is 0.490 e. The van der Waals surface area contributed by atoms with Crippen molar-refractivity contribution in [1.29, 1.82) is 5.26 Å². The highest BCUT2D eigenvalue weighted by atomic mass is 35.5. The number of alkyl halides is 1. The van der Waals surface area contributed by atoms with Gasteiger partial charge in [0, 0.05) is 18.1 Å². The molecule has 0 bridgehead atoms. The monoisotopic (exact) mass is 421 g/mol. The third-order valence-electron chi connectivity index (χ3n) is 3.88. The van der Waals surface area contributed by atoms with E-state index in [0.29, 0.717) is 16.3 Å². The van der Waals surface area contributed by atoms with Gasteiger partial charge in [-0.2, -0.15) is 5.26 Å². The Morgan fingerprint density at radius 1 is 1.24 bits per heavy atom. The van der Waals surface area contributed by atoms with Crippen molar-refractivity contribution in [3.63, 3.8) is 0 Å². The molecule has 0 radical (unpaired) electrons. The van der Waals surface area contributed by atoms with Crippen LogP contribution in [0.2, 0.25) is 5.02 Å². The number of aliphatic carboxylic acids is 1. The molecule has 0 saturated heterocycles. The van der Waals surface area contributed by atoms with Gasteiger partial charge in [0.2, 0.25) is 0 Å². The Morgan fingerprint density at radius 3 is 2.69 bits per heavy atom. The normalized spacial score (nSPS) is 12.6. The number of hydrogen-bond acceptors (Lipinski definition) is 5. The van der Waals surface area contributed by atoms with Crippen molar-refractivity contribution in [1.82, 2.24) is 0 Å². The number of rotatable bonds is 11. The van der Waals surface area contributed by atoms with E-state index >= 15 is 0 Å². The Kier molecular flexibility index (Phi) is 8.71. The molecule has 0 aromatic heterocycles. The van der Waals surface area contributed by atoms with Gasteiger partial charge in [-0.25, -0.2) is 9.18 Å². The Labute approximate surface area is 173 Å². The van der Waals surface area contributed by atoms with E-state index in [-0.39, 0.29) is 37.6 Å². The molecule has 0 fully saturated rings. The number of halogens is 2. The molecule has 0 aliphatic heterocycles. The molecule has 0 amide bonds. The van der Waals surface area contributed by atoms with E-state index in [0.717, 1.165) is 0 Å². The number of benzene rings is 2. The highest BCUT2D eigenvalue weighted by molar-refractivity contribution is 6.30. The van der Waals surface area contributed by atoms with Crippen LogP contribution in [-0.4, -0.2) is 43.2 Å². The molecular formula is C21H21ClFNO5. The van der Waals surface area contributed by atoms with Gasteiger partial charge in [0.15, 0.2) is 12.3 Å². The van der Waals surface area contributed by atoms with Gasteiger partial charge < -0.3 is 19.3 Å². The molecule has 0 aliphatic carbocycles. The van der Waals surface area contributed by atoms with Crippen LogP contribution in [-0.2, 0) is 16.0 Å². The molecule has 0 spiro atoms. The summed E-state index contributed by atoms with van der Waals surface area (Å²) in [6, 6.07) is 13.2. The summed E-state index contributed by atoms with van der Waals surface area (Å²) in [6.07, 6.45) is -2.21. The van der Waals surface area contributed by atoms with Gasteiger partial charge in [-0.05, 0) is 42.8 Å². The average molecular weight is 422 g/mol. The molecule has 1 N–H and O–H groups in total. The second-order valence-electron chi connectivity index (χ2n) is 6.11. The van der Waals surface area contributed by atoms with Crippen LogP contribution < -0.4 is 9.47 Å². The van der Waals surface area contributed by atoms with E-state index in [9.17, 15) is 9.18 Å². The molecule has 2 unspecified atom stereocenters. The second kappa shape index (κ2) is 11.2. The van der Waals surface area contributed by atoms with Gasteiger partial charge in [0.05, 0.1) is 5.56 Å². The van der Waals surface area contributed by atoms with Gasteiger partial charge in [0.25, 0.3) is 0 Å². The smallest absolute Gasteiger partial charge is 0.333 e. The van der Waals surface area contributed by atoms with Gasteiger partial charge in [-0.3, -0.25) is 0 Å². The fourth-order valence-electron chi connectivity index (χ4n) is 2.53. The zero-order chi connectivity index (χ0) is 21.2. The van der Waals surface area contributed by atoms with Crippen molar-refractivity contribution < 1.29 is 28.5 Å². The predicted octanol–water partition coefficient (Wildman–Crippen LogP) is 4.04. The molecule has 154 valence electrons. The fraction of sp³-hybridized carbons (Fsp3) is 0.333. The molecule has 2 rings (SSSR count). The third kappa shape index (κ3) is 7.26. The van der Waals surface area contributed by atoms with Crippen molar-refractivity contribution in [2.45, 2.75) is 25.6 Å². The molecule has 0 saturated carbocycles. The minimum absolute atomic E-state index is 0.177. The van der Waals surface area contributed by atoms with Crippen LogP contribution in [0.5, 0.6) is 11.5 Å². The van der Waals surface area contributed by atoms with Gasteiger partial charge in [0.1, 0.15) is 30.8 Å². The Bertz CT molecular complexity index is 870. The van der Waals surface area contributed by atoms with Gasteiger partial charge in [-0.1, -0.05) is 23.7 Å². The molecule has 6 nitrogen and oxygen atoms in total. The van der Waals surface area contributed by atoms with Crippen molar-refractivity contribution in [2.24, 2.45) is 0 Å². The number of nitrogens with zero attached hydrogens (tertiary/aromatic N) is 1. The minimum Gasteiger partial charge on any atom is -0.490 e. The van der Waals surface area contributed by atoms with Crippen molar-refractivity contribution >= 4 is 17.6 Å². The number of ether oxygens (including phenoxy) is 3. The number of nitriles is 1. The highest BCUT2D eigenvalue weighted by Gasteiger charge is 2.18. The summed E-state index contributed by atoms with van der Waals surface area (Å²) in [5, 5.41) is 18.6. The standard InChI is InChI=1S/C21H21ClFNO5/c1-2-27-20(21(25)26)9-14-4-3-5-18(8-14)28-12-17(23)13-29-19-7-6-16(22)10-15(19)11-24/h3-8,10,17,20H,2,9,12-13H2,1H3,(H,25,26). The SMILES string of the molecule is CCOC(Cc1cccc(OCC(F)COc2ccc(Cl)cc2C#N)c1)C(=O)O. The van der Waals surface area contributed by atoms with E-state index < -0.39 is 18.2 Å². The summed E-state index contributed by atoms with van der Waals surface area (Å²) in [6.45, 7) is 1.47. The zero-order valence-corrected chi connectivity index (χ0v) is 16.6. The number of carbonyl (C=O) groups is 1. The molecule has 2 aromatic carbocycles. The van der Waals surface area contributed by atoms with Crippen LogP contribution in [0.25, 0.3) is 0 Å². The Balaban J connectivity index is 1.88. The summed E-state index contributed by atoms with van der Waals surface area (Å²) in [5.41, 5.74) is 0.926. The summed E-state index contributed by atoms with van der Waals surface area (Å²) in [7, 11) is 0. The lowest BCUT2D eigenvalue weighted by atomic mass is 10.1. The summed E-state index contributed by atoms with van der Waals surface area (Å²) in [5.74, 6) is -0.384. The zero-order valence-electron chi connectivity index (χ0n) is 15.8. The van der Waals surface area contributed by atoms with E-state index in [2.05, 4.69) is 0 Å². The lowest BCUT2D eigenvalue weighted by molar-refractivity contribution is -0.149.